The summed E-state index contributed by atoms with van der Waals surface area (Å²) in [5.41, 5.74) is 6.74. The van der Waals surface area contributed by atoms with E-state index in [-0.39, 0.29) is 11.9 Å². The summed E-state index contributed by atoms with van der Waals surface area (Å²) in [5, 5.41) is 0. The second-order valence-corrected chi connectivity index (χ2v) is 5.50. The summed E-state index contributed by atoms with van der Waals surface area (Å²) < 4.78 is 19.4. The van der Waals surface area contributed by atoms with Crippen molar-refractivity contribution < 1.29 is 9.13 Å². The van der Waals surface area contributed by atoms with Crippen molar-refractivity contribution in [1.82, 2.24) is 4.90 Å². The van der Waals surface area contributed by atoms with Gasteiger partial charge in [-0.1, -0.05) is 15.9 Å². The summed E-state index contributed by atoms with van der Waals surface area (Å²) in [6.07, 6.45) is 0.158. The van der Waals surface area contributed by atoms with Crippen molar-refractivity contribution in [3.63, 3.8) is 0 Å². The van der Waals surface area contributed by atoms with Gasteiger partial charge in [-0.05, 0) is 30.7 Å². The van der Waals surface area contributed by atoms with Crippen LogP contribution >= 0.6 is 15.9 Å². The zero-order chi connectivity index (χ0) is 13.8. The molecule has 0 aliphatic carbocycles. The molecule has 0 bridgehead atoms. The van der Waals surface area contributed by atoms with Crippen LogP contribution in [0.15, 0.2) is 27.7 Å². The minimum Gasteiger partial charge on any atom is -0.375 e. The van der Waals surface area contributed by atoms with Gasteiger partial charge in [0.2, 0.25) is 0 Å². The molecule has 0 saturated carbocycles. The summed E-state index contributed by atoms with van der Waals surface area (Å²) in [4.78, 5) is 6.30. The zero-order valence-corrected chi connectivity index (χ0v) is 12.4. The lowest BCUT2D eigenvalue weighted by atomic mass is 10.2. The summed E-state index contributed by atoms with van der Waals surface area (Å²) in [7, 11) is 0. The fraction of sp³-hybridized carbons (Fsp3) is 0.462. The van der Waals surface area contributed by atoms with Crippen LogP contribution in [0.2, 0.25) is 0 Å². The highest BCUT2D eigenvalue weighted by molar-refractivity contribution is 9.10. The topological polar surface area (TPSA) is 50.8 Å². The van der Waals surface area contributed by atoms with Crippen molar-refractivity contribution in [3.05, 3.63) is 34.1 Å². The molecule has 0 radical (unpaired) electrons. The van der Waals surface area contributed by atoms with Crippen LogP contribution in [-0.4, -0.2) is 36.7 Å². The minimum absolute atomic E-state index is 0.158. The molecule has 4 nitrogen and oxygen atoms in total. The first kappa shape index (κ1) is 14.3. The lowest BCUT2D eigenvalue weighted by Crippen LogP contribution is -2.47. The predicted molar refractivity (Wildman–Crippen MR) is 76.4 cm³/mol. The second-order valence-electron chi connectivity index (χ2n) is 4.58. The van der Waals surface area contributed by atoms with E-state index in [1.165, 1.54) is 12.1 Å². The van der Waals surface area contributed by atoms with Crippen molar-refractivity contribution in [3.8, 4) is 0 Å². The smallest absolute Gasteiger partial charge is 0.191 e. The molecule has 1 atom stereocenters. The van der Waals surface area contributed by atoms with Gasteiger partial charge in [0.1, 0.15) is 5.82 Å². The van der Waals surface area contributed by atoms with E-state index in [1.807, 2.05) is 17.9 Å². The lowest BCUT2D eigenvalue weighted by molar-refractivity contribution is 0.00529. The maximum atomic E-state index is 13.2. The van der Waals surface area contributed by atoms with Crippen LogP contribution in [0, 0.1) is 5.82 Å². The molecule has 1 aromatic carbocycles. The number of ether oxygens (including phenoxy) is 1. The Bertz CT molecular complexity index is 461. The van der Waals surface area contributed by atoms with Crippen molar-refractivity contribution in [1.29, 1.82) is 0 Å². The maximum Gasteiger partial charge on any atom is 0.191 e. The van der Waals surface area contributed by atoms with Crippen molar-refractivity contribution in [2.75, 3.05) is 19.7 Å². The van der Waals surface area contributed by atoms with Gasteiger partial charge in [0.05, 0.1) is 19.3 Å². The lowest BCUT2D eigenvalue weighted by Gasteiger charge is -2.31. The Labute approximate surface area is 120 Å². The number of aliphatic imine (C=N–C) groups is 1. The Balaban J connectivity index is 2.00. The average molecular weight is 330 g/mol. The highest BCUT2D eigenvalue weighted by atomic mass is 79.9. The van der Waals surface area contributed by atoms with E-state index >= 15 is 0 Å². The number of halogens is 2. The van der Waals surface area contributed by atoms with Gasteiger partial charge < -0.3 is 15.4 Å². The molecule has 6 heteroatoms. The summed E-state index contributed by atoms with van der Waals surface area (Å²) >= 11 is 3.26. The molecule has 1 saturated heterocycles. The van der Waals surface area contributed by atoms with Crippen molar-refractivity contribution in [2.24, 2.45) is 10.7 Å². The molecule has 19 heavy (non-hydrogen) atoms. The number of benzene rings is 1. The number of hydrogen-bond acceptors (Lipinski definition) is 2. The molecular formula is C13H17BrFN3O. The van der Waals surface area contributed by atoms with Gasteiger partial charge in [-0.15, -0.1) is 0 Å². The quantitative estimate of drug-likeness (QED) is 0.668. The number of nitrogens with zero attached hydrogens (tertiary/aromatic N) is 2. The summed E-state index contributed by atoms with van der Waals surface area (Å²) in [5.74, 6) is 0.202. The van der Waals surface area contributed by atoms with Crippen LogP contribution in [-0.2, 0) is 11.3 Å². The molecule has 0 aromatic heterocycles. The van der Waals surface area contributed by atoms with Gasteiger partial charge in [-0.25, -0.2) is 9.38 Å². The Morgan fingerprint density at radius 3 is 3.05 bits per heavy atom. The zero-order valence-electron chi connectivity index (χ0n) is 10.8. The van der Waals surface area contributed by atoms with Crippen LogP contribution in [0.1, 0.15) is 12.5 Å². The number of nitrogens with two attached hydrogens (primary N) is 1. The minimum atomic E-state index is -0.279. The molecule has 2 rings (SSSR count). The first-order valence-electron chi connectivity index (χ1n) is 6.16. The molecule has 2 N–H and O–H groups in total. The first-order chi connectivity index (χ1) is 9.04. The Morgan fingerprint density at radius 1 is 1.58 bits per heavy atom. The van der Waals surface area contributed by atoms with Crippen molar-refractivity contribution in [2.45, 2.75) is 19.6 Å². The first-order valence-corrected chi connectivity index (χ1v) is 6.95. The molecule has 0 amide bonds. The van der Waals surface area contributed by atoms with Crippen LogP contribution in [0.5, 0.6) is 0 Å². The average Bonchev–Trinajstić information content (AvgIpc) is 2.35. The van der Waals surface area contributed by atoms with E-state index < -0.39 is 0 Å². The standard InChI is InChI=1S/C13H17BrFN3O/c1-9-8-18(2-3-19-9)13(16)17-7-10-4-11(14)6-12(15)5-10/h4-6,9H,2-3,7-8H2,1H3,(H2,16,17). The van der Waals surface area contributed by atoms with E-state index in [0.717, 1.165) is 18.7 Å². The third-order valence-electron chi connectivity index (χ3n) is 2.91. The van der Waals surface area contributed by atoms with Crippen LogP contribution in [0.25, 0.3) is 0 Å². The normalized spacial score (nSPS) is 20.7. The van der Waals surface area contributed by atoms with Gasteiger partial charge in [0.25, 0.3) is 0 Å². The van der Waals surface area contributed by atoms with Gasteiger partial charge in [0, 0.05) is 17.6 Å². The SMILES string of the molecule is CC1CN(C(N)=NCc2cc(F)cc(Br)c2)CCO1. The van der Waals surface area contributed by atoms with Crippen molar-refractivity contribution >= 4 is 21.9 Å². The molecule has 1 aliphatic rings. The van der Waals surface area contributed by atoms with E-state index in [1.54, 1.807) is 0 Å². The van der Waals surface area contributed by atoms with E-state index in [4.69, 9.17) is 10.5 Å². The molecule has 0 spiro atoms. The fourth-order valence-corrected chi connectivity index (χ4v) is 2.51. The fourth-order valence-electron chi connectivity index (χ4n) is 2.00. The van der Waals surface area contributed by atoms with Gasteiger partial charge in [-0.3, -0.25) is 0 Å². The summed E-state index contributed by atoms with van der Waals surface area (Å²) in [6.45, 7) is 4.51. The maximum absolute atomic E-state index is 13.2. The molecular weight excluding hydrogens is 313 g/mol. The van der Waals surface area contributed by atoms with E-state index in [0.29, 0.717) is 23.6 Å². The summed E-state index contributed by atoms with van der Waals surface area (Å²) in [6, 6.07) is 4.71. The monoisotopic (exact) mass is 329 g/mol. The third-order valence-corrected chi connectivity index (χ3v) is 3.37. The Morgan fingerprint density at radius 2 is 2.37 bits per heavy atom. The van der Waals surface area contributed by atoms with E-state index in [9.17, 15) is 4.39 Å². The number of hydrogen-bond donors (Lipinski definition) is 1. The van der Waals surface area contributed by atoms with Gasteiger partial charge >= 0.3 is 0 Å². The Kier molecular flexibility index (Phi) is 4.76. The number of morpholine rings is 1. The van der Waals surface area contributed by atoms with E-state index in [2.05, 4.69) is 20.9 Å². The molecule has 1 aromatic rings. The third kappa shape index (κ3) is 4.18. The number of rotatable bonds is 2. The highest BCUT2D eigenvalue weighted by Gasteiger charge is 2.17. The molecule has 1 heterocycles. The Hall–Kier alpha value is -1.14. The second kappa shape index (κ2) is 6.34. The van der Waals surface area contributed by atoms with Crippen LogP contribution in [0.3, 0.4) is 0 Å². The molecule has 104 valence electrons. The van der Waals surface area contributed by atoms with Gasteiger partial charge in [-0.2, -0.15) is 0 Å². The molecule has 1 fully saturated rings. The molecule has 1 aliphatic heterocycles. The highest BCUT2D eigenvalue weighted by Crippen LogP contribution is 2.15. The van der Waals surface area contributed by atoms with Crippen LogP contribution in [0.4, 0.5) is 4.39 Å². The van der Waals surface area contributed by atoms with Crippen LogP contribution < -0.4 is 5.73 Å². The largest absolute Gasteiger partial charge is 0.375 e. The van der Waals surface area contributed by atoms with Gasteiger partial charge in [0.15, 0.2) is 5.96 Å². The number of guanidine groups is 1. The molecule has 1 unspecified atom stereocenters. The predicted octanol–water partition coefficient (Wildman–Crippen LogP) is 2.12.